The number of nitrogens with zero attached hydrogens (tertiary/aromatic N) is 3. The summed E-state index contributed by atoms with van der Waals surface area (Å²) in [6.07, 6.45) is 5.46. The van der Waals surface area contributed by atoms with E-state index in [9.17, 15) is 0 Å². The molecule has 0 spiro atoms. The minimum Gasteiger partial charge on any atom is -0.310 e. The molecule has 0 aromatic carbocycles. The second-order valence-corrected chi connectivity index (χ2v) is 5.62. The second kappa shape index (κ2) is 5.37. The van der Waals surface area contributed by atoms with E-state index < -0.39 is 0 Å². The van der Waals surface area contributed by atoms with Gasteiger partial charge in [0.15, 0.2) is 0 Å². The van der Waals surface area contributed by atoms with Gasteiger partial charge in [-0.25, -0.2) is 9.97 Å². The molecule has 2 heterocycles. The number of aromatic nitrogens is 3. The van der Waals surface area contributed by atoms with E-state index in [1.54, 1.807) is 0 Å². The van der Waals surface area contributed by atoms with Crippen LogP contribution in [0.25, 0.3) is 5.82 Å². The lowest BCUT2D eigenvalue weighted by Gasteiger charge is -2.11. The molecule has 0 bridgehead atoms. The van der Waals surface area contributed by atoms with Crippen molar-refractivity contribution >= 4 is 0 Å². The van der Waals surface area contributed by atoms with Crippen LogP contribution >= 0.6 is 0 Å². The van der Waals surface area contributed by atoms with Crippen LogP contribution in [0, 0.1) is 13.8 Å². The molecule has 1 aliphatic carbocycles. The molecule has 0 unspecified atom stereocenters. The van der Waals surface area contributed by atoms with Gasteiger partial charge in [-0.2, -0.15) is 0 Å². The second-order valence-electron chi connectivity index (χ2n) is 5.62. The van der Waals surface area contributed by atoms with Gasteiger partial charge in [0.05, 0.1) is 5.69 Å². The Morgan fingerprint density at radius 1 is 1.30 bits per heavy atom. The molecule has 0 aliphatic heterocycles. The van der Waals surface area contributed by atoms with Crippen LogP contribution in [0.2, 0.25) is 0 Å². The fourth-order valence-corrected chi connectivity index (χ4v) is 2.32. The summed E-state index contributed by atoms with van der Waals surface area (Å²) in [6.45, 7) is 7.20. The first-order valence-electron chi connectivity index (χ1n) is 7.41. The van der Waals surface area contributed by atoms with Gasteiger partial charge in [0.1, 0.15) is 12.1 Å². The van der Waals surface area contributed by atoms with Crippen molar-refractivity contribution in [2.45, 2.75) is 52.6 Å². The summed E-state index contributed by atoms with van der Waals surface area (Å²) in [4.78, 5) is 9.10. The van der Waals surface area contributed by atoms with Crippen molar-refractivity contribution in [3.05, 3.63) is 41.1 Å². The van der Waals surface area contributed by atoms with Gasteiger partial charge in [-0.1, -0.05) is 6.92 Å². The molecule has 0 amide bonds. The average molecular weight is 270 g/mol. The molecule has 4 nitrogen and oxygen atoms in total. The van der Waals surface area contributed by atoms with Gasteiger partial charge < -0.3 is 5.32 Å². The first-order chi connectivity index (χ1) is 9.67. The zero-order valence-electron chi connectivity index (χ0n) is 12.5. The van der Waals surface area contributed by atoms with Crippen LogP contribution in [0.3, 0.4) is 0 Å². The normalized spacial score (nSPS) is 14.8. The van der Waals surface area contributed by atoms with Crippen LogP contribution in [0.1, 0.15) is 42.4 Å². The van der Waals surface area contributed by atoms with E-state index >= 15 is 0 Å². The van der Waals surface area contributed by atoms with Crippen molar-refractivity contribution < 1.29 is 0 Å². The monoisotopic (exact) mass is 270 g/mol. The maximum atomic E-state index is 4.73. The minimum atomic E-state index is 0.730. The van der Waals surface area contributed by atoms with Gasteiger partial charge in [-0.3, -0.25) is 4.57 Å². The van der Waals surface area contributed by atoms with E-state index in [1.807, 2.05) is 13.3 Å². The van der Waals surface area contributed by atoms with E-state index in [-0.39, 0.29) is 0 Å². The molecule has 2 aromatic rings. The molecule has 0 saturated heterocycles. The molecule has 20 heavy (non-hydrogen) atoms. The molecule has 1 fully saturated rings. The summed E-state index contributed by atoms with van der Waals surface area (Å²) in [5, 5.41) is 3.57. The van der Waals surface area contributed by atoms with Crippen molar-refractivity contribution in [1.82, 2.24) is 19.9 Å². The minimum absolute atomic E-state index is 0.730. The van der Waals surface area contributed by atoms with Gasteiger partial charge in [-0.05, 0) is 50.8 Å². The van der Waals surface area contributed by atoms with Gasteiger partial charge in [0.25, 0.3) is 0 Å². The van der Waals surface area contributed by atoms with E-state index in [4.69, 9.17) is 4.98 Å². The van der Waals surface area contributed by atoms with Gasteiger partial charge >= 0.3 is 0 Å². The average Bonchev–Trinajstić information content (AvgIpc) is 3.23. The van der Waals surface area contributed by atoms with Gasteiger partial charge in [0, 0.05) is 24.0 Å². The number of pyridine rings is 1. The lowest BCUT2D eigenvalue weighted by Crippen LogP contribution is -2.16. The summed E-state index contributed by atoms with van der Waals surface area (Å²) in [5.41, 5.74) is 4.67. The largest absolute Gasteiger partial charge is 0.310 e. The zero-order valence-corrected chi connectivity index (χ0v) is 12.5. The summed E-state index contributed by atoms with van der Waals surface area (Å²) in [7, 11) is 0. The number of rotatable bonds is 5. The van der Waals surface area contributed by atoms with Crippen LogP contribution in [0.5, 0.6) is 0 Å². The fourth-order valence-electron chi connectivity index (χ4n) is 2.32. The molecule has 0 radical (unpaired) electrons. The van der Waals surface area contributed by atoms with Crippen LogP contribution in [-0.4, -0.2) is 20.6 Å². The van der Waals surface area contributed by atoms with Crippen LogP contribution in [-0.2, 0) is 13.0 Å². The predicted octanol–water partition coefficient (Wildman–Crippen LogP) is 2.70. The number of aryl methyl sites for hydroxylation is 2. The van der Waals surface area contributed by atoms with Crippen LogP contribution < -0.4 is 5.32 Å². The Hall–Kier alpha value is -1.68. The van der Waals surface area contributed by atoms with E-state index in [0.29, 0.717) is 0 Å². The molecule has 2 aromatic heterocycles. The predicted molar refractivity (Wildman–Crippen MR) is 80.1 cm³/mol. The lowest BCUT2D eigenvalue weighted by atomic mass is 10.2. The number of nitrogens with one attached hydrogen (secondary N) is 1. The first kappa shape index (κ1) is 13.3. The Morgan fingerprint density at radius 2 is 2.10 bits per heavy atom. The van der Waals surface area contributed by atoms with E-state index in [2.05, 4.69) is 40.8 Å². The Labute approximate surface area is 120 Å². The quantitative estimate of drug-likeness (QED) is 0.908. The topological polar surface area (TPSA) is 42.7 Å². The van der Waals surface area contributed by atoms with Crippen LogP contribution in [0.15, 0.2) is 18.5 Å². The SMILES string of the molecule is CCc1cc(CNC2CC2)cc(-n2cnc(C)c2C)n1. The summed E-state index contributed by atoms with van der Waals surface area (Å²) < 4.78 is 2.08. The highest BCUT2D eigenvalue weighted by molar-refractivity contribution is 5.34. The highest BCUT2D eigenvalue weighted by atomic mass is 15.1. The van der Waals surface area contributed by atoms with Crippen molar-refractivity contribution in [3.8, 4) is 5.82 Å². The zero-order chi connectivity index (χ0) is 14.1. The molecular weight excluding hydrogens is 248 g/mol. The molecule has 1 N–H and O–H groups in total. The third kappa shape index (κ3) is 2.75. The Kier molecular flexibility index (Phi) is 3.57. The highest BCUT2D eigenvalue weighted by Crippen LogP contribution is 2.20. The molecule has 0 atom stereocenters. The maximum Gasteiger partial charge on any atom is 0.138 e. The molecule has 4 heteroatoms. The number of imidazole rings is 1. The Bertz CT molecular complexity index is 611. The number of hydrogen-bond donors (Lipinski definition) is 1. The lowest BCUT2D eigenvalue weighted by molar-refractivity contribution is 0.685. The molecule has 1 saturated carbocycles. The molecule has 106 valence electrons. The van der Waals surface area contributed by atoms with E-state index in [1.165, 1.54) is 18.4 Å². The molecule has 1 aliphatic rings. The molecule has 3 rings (SSSR count). The maximum absolute atomic E-state index is 4.73. The Balaban J connectivity index is 1.92. The standard InChI is InChI=1S/C16H22N4/c1-4-14-7-13(9-17-15-5-6-15)8-16(19-14)20-10-18-11(2)12(20)3/h7-8,10,15,17H,4-6,9H2,1-3H3. The fraction of sp³-hybridized carbons (Fsp3) is 0.500. The Morgan fingerprint density at radius 3 is 2.70 bits per heavy atom. The summed E-state index contributed by atoms with van der Waals surface area (Å²) in [6, 6.07) is 5.11. The first-order valence-corrected chi connectivity index (χ1v) is 7.41. The highest BCUT2D eigenvalue weighted by Gasteiger charge is 2.20. The van der Waals surface area contributed by atoms with Crippen molar-refractivity contribution in [1.29, 1.82) is 0 Å². The summed E-state index contributed by atoms with van der Waals surface area (Å²) >= 11 is 0. The van der Waals surface area contributed by atoms with Crippen molar-refractivity contribution in [3.63, 3.8) is 0 Å². The van der Waals surface area contributed by atoms with E-state index in [0.717, 1.165) is 41.9 Å². The summed E-state index contributed by atoms with van der Waals surface area (Å²) in [5.74, 6) is 0.982. The molecular formula is C16H22N4. The third-order valence-corrected chi connectivity index (χ3v) is 3.96. The number of hydrogen-bond acceptors (Lipinski definition) is 3. The van der Waals surface area contributed by atoms with Crippen LogP contribution in [0.4, 0.5) is 0 Å². The smallest absolute Gasteiger partial charge is 0.138 e. The third-order valence-electron chi connectivity index (χ3n) is 3.96. The van der Waals surface area contributed by atoms with Crippen molar-refractivity contribution in [2.75, 3.05) is 0 Å². The van der Waals surface area contributed by atoms with Gasteiger partial charge in [-0.15, -0.1) is 0 Å². The van der Waals surface area contributed by atoms with Gasteiger partial charge in [0.2, 0.25) is 0 Å². The van der Waals surface area contributed by atoms with Crippen molar-refractivity contribution in [2.24, 2.45) is 0 Å².